The van der Waals surface area contributed by atoms with Gasteiger partial charge in [0.25, 0.3) is 0 Å². The summed E-state index contributed by atoms with van der Waals surface area (Å²) in [5.41, 5.74) is 1.85. The second-order valence-corrected chi connectivity index (χ2v) is 8.08. The van der Waals surface area contributed by atoms with E-state index in [1.807, 2.05) is 48.5 Å². The van der Waals surface area contributed by atoms with Crippen LogP contribution in [0, 0.1) is 5.92 Å². The lowest BCUT2D eigenvalue weighted by Gasteiger charge is -2.31. The van der Waals surface area contributed by atoms with E-state index < -0.39 is 0 Å². The van der Waals surface area contributed by atoms with Gasteiger partial charge in [-0.3, -0.25) is 9.69 Å². The lowest BCUT2D eigenvalue weighted by atomic mass is 9.95. The molecule has 3 aromatic rings. The molecule has 0 aliphatic carbocycles. The zero-order valence-electron chi connectivity index (χ0n) is 15.5. The standard InChI is InChI=1S/C23H22Cl2N2O/c24-20-8-4-9-21(25)19(20)15-27-13-11-17(12-14-27)23(28)26-22-10-3-6-16-5-1-2-7-18(16)22/h1-10,17H,11-15H2,(H,26,28). The minimum atomic E-state index is 0.0249. The summed E-state index contributed by atoms with van der Waals surface area (Å²) in [6, 6.07) is 19.7. The third-order valence-corrected chi connectivity index (χ3v) is 6.16. The maximum absolute atomic E-state index is 12.8. The summed E-state index contributed by atoms with van der Waals surface area (Å²) in [7, 11) is 0. The molecule has 4 rings (SSSR count). The molecule has 1 N–H and O–H groups in total. The van der Waals surface area contributed by atoms with Gasteiger partial charge in [-0.05, 0) is 49.5 Å². The molecule has 1 heterocycles. The zero-order chi connectivity index (χ0) is 19.5. The third kappa shape index (κ3) is 4.17. The van der Waals surface area contributed by atoms with E-state index >= 15 is 0 Å². The van der Waals surface area contributed by atoms with Crippen molar-refractivity contribution in [2.75, 3.05) is 18.4 Å². The van der Waals surface area contributed by atoms with Crippen LogP contribution in [-0.2, 0) is 11.3 Å². The van der Waals surface area contributed by atoms with Gasteiger partial charge in [0.2, 0.25) is 5.91 Å². The van der Waals surface area contributed by atoms with Crippen LogP contribution in [0.5, 0.6) is 0 Å². The van der Waals surface area contributed by atoms with E-state index in [1.165, 1.54) is 0 Å². The van der Waals surface area contributed by atoms with Crippen LogP contribution in [-0.4, -0.2) is 23.9 Å². The summed E-state index contributed by atoms with van der Waals surface area (Å²) in [6.45, 7) is 2.43. The molecule has 0 unspecified atom stereocenters. The number of anilines is 1. The van der Waals surface area contributed by atoms with Crippen molar-refractivity contribution in [2.45, 2.75) is 19.4 Å². The van der Waals surface area contributed by atoms with E-state index in [1.54, 1.807) is 0 Å². The van der Waals surface area contributed by atoms with E-state index in [4.69, 9.17) is 23.2 Å². The predicted octanol–water partition coefficient (Wildman–Crippen LogP) is 6.00. The number of hydrogen-bond donors (Lipinski definition) is 1. The molecule has 0 saturated carbocycles. The number of rotatable bonds is 4. The van der Waals surface area contributed by atoms with E-state index in [0.717, 1.165) is 54.5 Å². The fraction of sp³-hybridized carbons (Fsp3) is 0.261. The van der Waals surface area contributed by atoms with Crippen LogP contribution in [0.15, 0.2) is 60.7 Å². The maximum atomic E-state index is 12.8. The minimum absolute atomic E-state index is 0.0249. The summed E-state index contributed by atoms with van der Waals surface area (Å²) in [4.78, 5) is 15.1. The number of benzene rings is 3. The van der Waals surface area contributed by atoms with Crippen molar-refractivity contribution in [3.05, 3.63) is 76.3 Å². The second-order valence-electron chi connectivity index (χ2n) is 7.27. The Hall–Kier alpha value is -2.07. The van der Waals surface area contributed by atoms with Crippen molar-refractivity contribution in [3.8, 4) is 0 Å². The summed E-state index contributed by atoms with van der Waals surface area (Å²) < 4.78 is 0. The summed E-state index contributed by atoms with van der Waals surface area (Å²) in [6.07, 6.45) is 1.66. The molecule has 0 bridgehead atoms. The first-order valence-corrected chi connectivity index (χ1v) is 10.3. The molecule has 5 heteroatoms. The fourth-order valence-corrected chi connectivity index (χ4v) is 4.35. The third-order valence-electron chi connectivity index (χ3n) is 5.45. The molecular weight excluding hydrogens is 391 g/mol. The van der Waals surface area contributed by atoms with Crippen LogP contribution in [0.2, 0.25) is 10.0 Å². The van der Waals surface area contributed by atoms with Gasteiger partial charge in [-0.1, -0.05) is 65.7 Å². The normalized spacial score (nSPS) is 15.6. The lowest BCUT2D eigenvalue weighted by molar-refractivity contribution is -0.121. The summed E-state index contributed by atoms with van der Waals surface area (Å²) >= 11 is 12.6. The molecule has 28 heavy (non-hydrogen) atoms. The van der Waals surface area contributed by atoms with Gasteiger partial charge in [0.05, 0.1) is 0 Å². The zero-order valence-corrected chi connectivity index (χ0v) is 17.0. The van der Waals surface area contributed by atoms with Crippen molar-refractivity contribution in [2.24, 2.45) is 5.92 Å². The van der Waals surface area contributed by atoms with Gasteiger partial charge in [-0.15, -0.1) is 0 Å². The van der Waals surface area contributed by atoms with Crippen LogP contribution >= 0.6 is 23.2 Å². The molecular formula is C23H22Cl2N2O. The maximum Gasteiger partial charge on any atom is 0.227 e. The highest BCUT2D eigenvalue weighted by atomic mass is 35.5. The molecule has 0 atom stereocenters. The molecule has 0 aromatic heterocycles. The van der Waals surface area contributed by atoms with Crippen molar-refractivity contribution < 1.29 is 4.79 Å². The number of nitrogens with zero attached hydrogens (tertiary/aromatic N) is 1. The largest absolute Gasteiger partial charge is 0.325 e. The molecule has 1 aliphatic heterocycles. The molecule has 144 valence electrons. The number of hydrogen-bond acceptors (Lipinski definition) is 2. The van der Waals surface area contributed by atoms with Crippen LogP contribution in [0.4, 0.5) is 5.69 Å². The summed E-state index contributed by atoms with van der Waals surface area (Å²) in [5.74, 6) is 0.128. The second kappa shape index (κ2) is 8.52. The highest BCUT2D eigenvalue weighted by Gasteiger charge is 2.26. The topological polar surface area (TPSA) is 32.3 Å². The number of carbonyl (C=O) groups excluding carboxylic acids is 1. The number of halogens is 2. The molecule has 0 spiro atoms. The molecule has 1 fully saturated rings. The monoisotopic (exact) mass is 412 g/mol. The molecule has 1 saturated heterocycles. The van der Waals surface area contributed by atoms with E-state index in [9.17, 15) is 4.79 Å². The van der Waals surface area contributed by atoms with Gasteiger partial charge < -0.3 is 5.32 Å². The number of nitrogens with one attached hydrogen (secondary N) is 1. The highest BCUT2D eigenvalue weighted by Crippen LogP contribution is 2.29. The van der Waals surface area contributed by atoms with Crippen LogP contribution in [0.1, 0.15) is 18.4 Å². The van der Waals surface area contributed by atoms with Crippen molar-refractivity contribution in [1.82, 2.24) is 4.90 Å². The molecule has 3 aromatic carbocycles. The Bertz CT molecular complexity index is 971. The lowest BCUT2D eigenvalue weighted by Crippen LogP contribution is -2.37. The Morgan fingerprint density at radius 2 is 1.57 bits per heavy atom. The van der Waals surface area contributed by atoms with Gasteiger partial charge >= 0.3 is 0 Å². The first-order valence-electron chi connectivity index (χ1n) is 9.55. The Balaban J connectivity index is 1.38. The first kappa shape index (κ1) is 19.3. The minimum Gasteiger partial charge on any atom is -0.325 e. The SMILES string of the molecule is O=C(Nc1cccc2ccccc12)C1CCN(Cc2c(Cl)cccc2Cl)CC1. The Kier molecular flexibility index (Phi) is 5.86. The number of amides is 1. The van der Waals surface area contributed by atoms with Crippen LogP contribution < -0.4 is 5.32 Å². The summed E-state index contributed by atoms with van der Waals surface area (Å²) in [5, 5.41) is 6.74. The molecule has 1 aliphatic rings. The number of likely N-dealkylation sites (tertiary alicyclic amines) is 1. The van der Waals surface area contributed by atoms with E-state index in [0.29, 0.717) is 10.0 Å². The predicted molar refractivity (Wildman–Crippen MR) is 117 cm³/mol. The first-order chi connectivity index (χ1) is 13.6. The smallest absolute Gasteiger partial charge is 0.227 e. The van der Waals surface area contributed by atoms with Crippen LogP contribution in [0.3, 0.4) is 0 Å². The number of fused-ring (bicyclic) bond motifs is 1. The molecule has 1 amide bonds. The Morgan fingerprint density at radius 3 is 2.32 bits per heavy atom. The molecule has 3 nitrogen and oxygen atoms in total. The van der Waals surface area contributed by atoms with Gasteiger partial charge in [0.1, 0.15) is 0 Å². The average molecular weight is 413 g/mol. The highest BCUT2D eigenvalue weighted by molar-refractivity contribution is 6.35. The Labute approximate surface area is 175 Å². The average Bonchev–Trinajstić information content (AvgIpc) is 2.71. The van der Waals surface area contributed by atoms with Gasteiger partial charge in [-0.25, -0.2) is 0 Å². The fourth-order valence-electron chi connectivity index (χ4n) is 3.83. The van der Waals surface area contributed by atoms with Crippen LogP contribution in [0.25, 0.3) is 10.8 Å². The van der Waals surface area contributed by atoms with E-state index in [2.05, 4.69) is 22.3 Å². The number of carbonyl (C=O) groups is 1. The van der Waals surface area contributed by atoms with Crippen molar-refractivity contribution >= 4 is 45.6 Å². The number of piperidine rings is 1. The van der Waals surface area contributed by atoms with Crippen molar-refractivity contribution in [3.63, 3.8) is 0 Å². The Morgan fingerprint density at radius 1 is 0.929 bits per heavy atom. The van der Waals surface area contributed by atoms with Crippen molar-refractivity contribution in [1.29, 1.82) is 0 Å². The van der Waals surface area contributed by atoms with Gasteiger partial charge in [0.15, 0.2) is 0 Å². The van der Waals surface area contributed by atoms with E-state index in [-0.39, 0.29) is 11.8 Å². The van der Waals surface area contributed by atoms with Gasteiger partial charge in [-0.2, -0.15) is 0 Å². The molecule has 0 radical (unpaired) electrons. The van der Waals surface area contributed by atoms with Gasteiger partial charge in [0, 0.05) is 39.1 Å². The quantitative estimate of drug-likeness (QED) is 0.569.